The Morgan fingerprint density at radius 3 is 2.61 bits per heavy atom. The average molecular weight is 507 g/mol. The summed E-state index contributed by atoms with van der Waals surface area (Å²) >= 11 is 9.46. The third-order valence-electron chi connectivity index (χ3n) is 6.64. The fourth-order valence-electron chi connectivity index (χ4n) is 4.31. The first-order valence-electron chi connectivity index (χ1n) is 11.3. The van der Waals surface area contributed by atoms with E-state index in [1.54, 1.807) is 28.9 Å². The fraction of sp³-hybridized carbons (Fsp3) is 0.500. The van der Waals surface area contributed by atoms with Crippen molar-refractivity contribution in [2.75, 3.05) is 18.8 Å². The van der Waals surface area contributed by atoms with Crippen LogP contribution in [0.2, 0.25) is 5.02 Å². The zero-order valence-electron chi connectivity index (χ0n) is 19.9. The topological polar surface area (TPSA) is 107 Å². The molecule has 0 unspecified atom stereocenters. The molecular weight excluding hydrogens is 472 g/mol. The Hall–Kier alpha value is -1.77. The van der Waals surface area contributed by atoms with E-state index in [1.807, 2.05) is 11.8 Å². The molecule has 1 aliphatic heterocycles. The van der Waals surface area contributed by atoms with Gasteiger partial charge in [0.2, 0.25) is 0 Å². The number of hydrogen-bond acceptors (Lipinski definition) is 6. The standard InChI is InChI=1S/C24H35ClN6S2/c1-5-15(2)17(4)32-19-13-24(12-16(19)3)7-10-31(11-8-24)23(28)30-14-20(26)33-18-6-9-29-22(27)21(18)25/h6,9,14H,5,7-8,10-13,26H2,1-4H3,(H2,27,29)(H2,28,30)/b17-15?,20-14+. The number of nitrogen functional groups attached to an aromatic ring is 1. The summed E-state index contributed by atoms with van der Waals surface area (Å²) in [4.78, 5) is 14.3. The molecule has 2 heterocycles. The molecule has 0 bridgehead atoms. The van der Waals surface area contributed by atoms with Crippen LogP contribution in [0.1, 0.15) is 59.8 Å². The molecule has 0 atom stereocenters. The molecule has 6 nitrogen and oxygen atoms in total. The summed E-state index contributed by atoms with van der Waals surface area (Å²) in [6, 6.07) is 1.77. The lowest BCUT2D eigenvalue weighted by molar-refractivity contribution is 0.157. The van der Waals surface area contributed by atoms with Gasteiger partial charge in [0.1, 0.15) is 5.82 Å². The molecule has 1 saturated heterocycles. The number of halogens is 1. The number of thioether (sulfide) groups is 2. The zero-order valence-corrected chi connectivity index (χ0v) is 22.3. The van der Waals surface area contributed by atoms with E-state index in [0.717, 1.165) is 37.2 Å². The van der Waals surface area contributed by atoms with Crippen molar-refractivity contribution in [3.63, 3.8) is 0 Å². The molecule has 9 heteroatoms. The quantitative estimate of drug-likeness (QED) is 0.244. The van der Waals surface area contributed by atoms with Crippen LogP contribution in [-0.4, -0.2) is 28.9 Å². The molecule has 1 aromatic heterocycles. The van der Waals surface area contributed by atoms with E-state index in [4.69, 9.17) is 28.8 Å². The van der Waals surface area contributed by atoms with E-state index in [9.17, 15) is 0 Å². The average Bonchev–Trinajstić information content (AvgIpc) is 3.09. The van der Waals surface area contributed by atoms with Crippen LogP contribution in [-0.2, 0) is 0 Å². The fourth-order valence-corrected chi connectivity index (χ4v) is 6.53. The number of allylic oxidation sites excluding steroid dienone is 4. The van der Waals surface area contributed by atoms with Crippen LogP contribution in [0.4, 0.5) is 5.82 Å². The number of guanidine groups is 1. The summed E-state index contributed by atoms with van der Waals surface area (Å²) in [5.74, 6) is 0.785. The van der Waals surface area contributed by atoms with Gasteiger partial charge < -0.3 is 22.1 Å². The van der Waals surface area contributed by atoms with Gasteiger partial charge in [-0.3, -0.25) is 0 Å². The maximum Gasteiger partial charge on any atom is 0.195 e. The first kappa shape index (κ1) is 25.8. The van der Waals surface area contributed by atoms with Gasteiger partial charge >= 0.3 is 0 Å². The summed E-state index contributed by atoms with van der Waals surface area (Å²) in [5.41, 5.74) is 21.6. The molecule has 33 heavy (non-hydrogen) atoms. The first-order chi connectivity index (χ1) is 15.6. The van der Waals surface area contributed by atoms with E-state index in [-0.39, 0.29) is 5.82 Å². The van der Waals surface area contributed by atoms with Crippen molar-refractivity contribution in [1.29, 1.82) is 0 Å². The molecule has 1 spiro atoms. The van der Waals surface area contributed by atoms with Gasteiger partial charge in [-0.05, 0) is 74.2 Å². The van der Waals surface area contributed by atoms with Gasteiger partial charge in [-0.15, -0.1) is 0 Å². The molecule has 1 aliphatic carbocycles. The molecule has 0 aromatic carbocycles. The van der Waals surface area contributed by atoms with Gasteiger partial charge in [0.05, 0.1) is 16.3 Å². The van der Waals surface area contributed by atoms with Crippen LogP contribution >= 0.6 is 35.1 Å². The Labute approximate surface area is 211 Å². The summed E-state index contributed by atoms with van der Waals surface area (Å²) in [6.45, 7) is 10.9. The van der Waals surface area contributed by atoms with Crippen molar-refractivity contribution in [2.45, 2.75) is 64.7 Å². The van der Waals surface area contributed by atoms with Crippen LogP contribution in [0.5, 0.6) is 0 Å². The number of aliphatic imine (C=N–C) groups is 1. The van der Waals surface area contributed by atoms with Crippen molar-refractivity contribution in [3.05, 3.63) is 49.5 Å². The summed E-state index contributed by atoms with van der Waals surface area (Å²) in [7, 11) is 0. The van der Waals surface area contributed by atoms with Crippen LogP contribution in [0.15, 0.2) is 54.3 Å². The van der Waals surface area contributed by atoms with E-state index in [1.165, 1.54) is 35.1 Å². The van der Waals surface area contributed by atoms with Crippen molar-refractivity contribution in [1.82, 2.24) is 9.88 Å². The highest BCUT2D eigenvalue weighted by molar-refractivity contribution is 8.06. The van der Waals surface area contributed by atoms with Gasteiger partial charge in [-0.1, -0.05) is 53.2 Å². The number of nitrogens with zero attached hydrogens (tertiary/aromatic N) is 3. The molecule has 3 rings (SSSR count). The van der Waals surface area contributed by atoms with E-state index < -0.39 is 0 Å². The van der Waals surface area contributed by atoms with Gasteiger partial charge in [-0.2, -0.15) is 0 Å². The highest BCUT2D eigenvalue weighted by Gasteiger charge is 2.40. The minimum absolute atomic E-state index is 0.282. The highest BCUT2D eigenvalue weighted by atomic mass is 35.5. The monoisotopic (exact) mass is 506 g/mol. The molecule has 1 fully saturated rings. The Kier molecular flexibility index (Phi) is 8.70. The SMILES string of the molecule is CCC(C)=C(C)SC1=C(C)CC2(CCN(C(N)=N/C=C(\N)Sc3ccnc(N)c3Cl)CC2)C1. The minimum atomic E-state index is 0.282. The molecule has 2 aliphatic rings. The maximum atomic E-state index is 6.29. The summed E-state index contributed by atoms with van der Waals surface area (Å²) < 4.78 is 0. The van der Waals surface area contributed by atoms with E-state index in [0.29, 0.717) is 21.4 Å². The Morgan fingerprint density at radius 2 is 1.94 bits per heavy atom. The lowest BCUT2D eigenvalue weighted by Crippen LogP contribution is -2.45. The Balaban J connectivity index is 1.57. The lowest BCUT2D eigenvalue weighted by atomic mass is 9.76. The summed E-state index contributed by atoms with van der Waals surface area (Å²) in [6.07, 6.45) is 8.92. The number of piperidine rings is 1. The highest BCUT2D eigenvalue weighted by Crippen LogP contribution is 2.53. The minimum Gasteiger partial charge on any atom is -0.392 e. The molecule has 0 radical (unpaired) electrons. The second-order valence-electron chi connectivity index (χ2n) is 8.97. The smallest absolute Gasteiger partial charge is 0.195 e. The first-order valence-corrected chi connectivity index (χ1v) is 13.3. The molecule has 0 saturated carbocycles. The normalized spacial score (nSPS) is 20.0. The number of anilines is 1. The van der Waals surface area contributed by atoms with Crippen molar-refractivity contribution in [3.8, 4) is 0 Å². The molecule has 6 N–H and O–H groups in total. The van der Waals surface area contributed by atoms with Crippen LogP contribution in [0, 0.1) is 5.41 Å². The summed E-state index contributed by atoms with van der Waals surface area (Å²) in [5, 5.41) is 0.882. The largest absolute Gasteiger partial charge is 0.392 e. The van der Waals surface area contributed by atoms with Gasteiger partial charge in [0, 0.05) is 24.2 Å². The van der Waals surface area contributed by atoms with Crippen LogP contribution in [0.3, 0.4) is 0 Å². The second kappa shape index (κ2) is 11.1. The van der Waals surface area contributed by atoms with Crippen LogP contribution < -0.4 is 17.2 Å². The predicted octanol–water partition coefficient (Wildman–Crippen LogP) is 6.07. The van der Waals surface area contributed by atoms with Gasteiger partial charge in [0.25, 0.3) is 0 Å². The second-order valence-corrected chi connectivity index (χ2v) is 11.8. The third kappa shape index (κ3) is 6.43. The lowest BCUT2D eigenvalue weighted by Gasteiger charge is -2.40. The predicted molar refractivity (Wildman–Crippen MR) is 145 cm³/mol. The number of likely N-dealkylation sites (tertiary alicyclic amines) is 1. The number of nitrogens with two attached hydrogens (primary N) is 3. The third-order valence-corrected chi connectivity index (χ3v) is 9.44. The number of rotatable bonds is 6. The molecular formula is C24H35ClN6S2. The van der Waals surface area contributed by atoms with Gasteiger partial charge in [-0.25, -0.2) is 9.98 Å². The zero-order chi connectivity index (χ0) is 24.2. The Bertz CT molecular complexity index is 1010. The molecule has 1 aromatic rings. The van der Waals surface area contributed by atoms with E-state index in [2.05, 4.69) is 42.6 Å². The Morgan fingerprint density at radius 1 is 1.24 bits per heavy atom. The molecule has 180 valence electrons. The van der Waals surface area contributed by atoms with Crippen molar-refractivity contribution < 1.29 is 0 Å². The number of pyridine rings is 1. The van der Waals surface area contributed by atoms with E-state index >= 15 is 0 Å². The van der Waals surface area contributed by atoms with Crippen molar-refractivity contribution in [2.24, 2.45) is 21.9 Å². The number of aromatic nitrogens is 1. The molecule has 0 amide bonds. The number of hydrogen-bond donors (Lipinski definition) is 3. The van der Waals surface area contributed by atoms with Crippen LogP contribution in [0.25, 0.3) is 0 Å². The van der Waals surface area contributed by atoms with Gasteiger partial charge in [0.15, 0.2) is 5.96 Å². The maximum absolute atomic E-state index is 6.29. The van der Waals surface area contributed by atoms with Crippen molar-refractivity contribution >= 4 is 46.9 Å².